The van der Waals surface area contributed by atoms with Crippen LogP contribution in [-0.4, -0.2) is 78.6 Å². The number of amides is 2. The number of hydrogen-bond donors (Lipinski definition) is 5. The number of anilines is 2. The second-order valence-corrected chi connectivity index (χ2v) is 13.0. The van der Waals surface area contributed by atoms with Gasteiger partial charge in [-0.1, -0.05) is 13.8 Å². The van der Waals surface area contributed by atoms with Crippen molar-refractivity contribution in [2.45, 2.75) is 52.7 Å². The van der Waals surface area contributed by atoms with Crippen LogP contribution in [0.1, 0.15) is 49.5 Å². The molecule has 5 rings (SSSR count). The molecule has 2 aromatic heterocycles. The summed E-state index contributed by atoms with van der Waals surface area (Å²) >= 11 is 0. The summed E-state index contributed by atoms with van der Waals surface area (Å²) in [5.41, 5.74) is 2.12. The summed E-state index contributed by atoms with van der Waals surface area (Å²) in [6.45, 7) is 6.99. The third-order valence-electron chi connectivity index (χ3n) is 9.21. The molecular formula is C36H45F4N8O3+. The Hall–Kier alpha value is -4.76. The summed E-state index contributed by atoms with van der Waals surface area (Å²) in [6.07, 6.45) is 6.40. The van der Waals surface area contributed by atoms with Gasteiger partial charge in [-0.2, -0.15) is 13.2 Å². The van der Waals surface area contributed by atoms with Crippen LogP contribution < -0.4 is 30.9 Å². The van der Waals surface area contributed by atoms with E-state index >= 15 is 0 Å². The largest absolute Gasteiger partial charge is 0.432 e. The number of halogens is 4. The first-order chi connectivity index (χ1) is 24.5. The van der Waals surface area contributed by atoms with Crippen LogP contribution in [0.4, 0.5) is 29.1 Å². The molecule has 51 heavy (non-hydrogen) atoms. The number of aryl methyl sites for hydroxylation is 1. The lowest BCUT2D eigenvalue weighted by molar-refractivity contribution is -0.884. The van der Waals surface area contributed by atoms with Crippen LogP contribution in [0, 0.1) is 23.5 Å². The highest BCUT2D eigenvalue weighted by Crippen LogP contribution is 2.32. The zero-order chi connectivity index (χ0) is 36.7. The van der Waals surface area contributed by atoms with Gasteiger partial charge in [0.25, 0.3) is 5.91 Å². The molecule has 2 unspecified atom stereocenters. The van der Waals surface area contributed by atoms with Gasteiger partial charge < -0.3 is 30.9 Å². The Morgan fingerprint density at radius 2 is 1.90 bits per heavy atom. The number of imidazole rings is 1. The van der Waals surface area contributed by atoms with Crippen molar-refractivity contribution in [3.63, 3.8) is 0 Å². The molecule has 274 valence electrons. The standard InChI is InChI=1S/C36H44F4N8O3/c1-5-23(11-13-47(4)20-22-17-41-18-22)34(49)44-16-21(3)45-35(50)26-8-7-25(15-24(26)6-2)46-32-33-43-19-28(48(33)14-12-42-32)27-9-10-29(51-36(39)40)31(38)30(27)37/h7-10,12,14-15,19,21-23,36,41H,5-6,11,13,16-18,20H2,1-4H3,(H,42,46)(H,44,49)(H,45,50)/p+1/t21-,23?/m0/s1. The van der Waals surface area contributed by atoms with Crippen LogP contribution in [0.5, 0.6) is 5.75 Å². The molecule has 0 radical (unpaired) electrons. The zero-order valence-electron chi connectivity index (χ0n) is 29.2. The number of hydrogen-bond acceptors (Lipinski definition) is 7. The molecule has 1 aliphatic rings. The van der Waals surface area contributed by atoms with Crippen molar-refractivity contribution in [2.24, 2.45) is 11.8 Å². The Kier molecular flexibility index (Phi) is 12.5. The normalized spacial score (nSPS) is 14.9. The van der Waals surface area contributed by atoms with Crippen LogP contribution in [-0.2, 0) is 11.2 Å². The highest BCUT2D eigenvalue weighted by Gasteiger charge is 2.24. The first-order valence-electron chi connectivity index (χ1n) is 17.2. The molecule has 1 saturated heterocycles. The van der Waals surface area contributed by atoms with Crippen molar-refractivity contribution >= 4 is 29.0 Å². The van der Waals surface area contributed by atoms with Crippen molar-refractivity contribution in [3.05, 3.63) is 71.7 Å². The van der Waals surface area contributed by atoms with E-state index in [1.807, 2.05) is 26.8 Å². The number of benzene rings is 2. The number of fused-ring (bicyclic) bond motifs is 1. The van der Waals surface area contributed by atoms with Crippen LogP contribution in [0.3, 0.4) is 0 Å². The lowest BCUT2D eigenvalue weighted by atomic mass is 9.99. The van der Waals surface area contributed by atoms with Crippen LogP contribution in [0.15, 0.2) is 48.9 Å². The summed E-state index contributed by atoms with van der Waals surface area (Å²) < 4.78 is 60.1. The smallest absolute Gasteiger partial charge is 0.387 e. The number of rotatable bonds is 17. The number of quaternary nitrogens is 1. The molecule has 1 aliphatic heterocycles. The number of aromatic nitrogens is 3. The van der Waals surface area contributed by atoms with E-state index in [1.54, 1.807) is 12.1 Å². The maximum atomic E-state index is 14.9. The average Bonchev–Trinajstić information content (AvgIpc) is 3.52. The van der Waals surface area contributed by atoms with Crippen LogP contribution in [0.2, 0.25) is 0 Å². The van der Waals surface area contributed by atoms with Gasteiger partial charge in [-0.05, 0) is 55.7 Å². The first kappa shape index (κ1) is 37.5. The van der Waals surface area contributed by atoms with Crippen LogP contribution in [0.25, 0.3) is 16.9 Å². The minimum atomic E-state index is -3.30. The monoisotopic (exact) mass is 713 g/mol. The van der Waals surface area contributed by atoms with E-state index in [-0.39, 0.29) is 35.0 Å². The average molecular weight is 714 g/mol. The Labute approximate surface area is 294 Å². The first-order valence-corrected chi connectivity index (χ1v) is 17.2. The third kappa shape index (κ3) is 9.13. The van der Waals surface area contributed by atoms with Crippen molar-refractivity contribution in [3.8, 4) is 17.0 Å². The Bertz CT molecular complexity index is 1830. The molecular weight excluding hydrogens is 668 g/mol. The molecule has 0 aliphatic carbocycles. The van der Waals surface area contributed by atoms with Gasteiger partial charge in [0.1, 0.15) is 0 Å². The van der Waals surface area contributed by atoms with E-state index in [0.717, 1.165) is 56.7 Å². The Balaban J connectivity index is 1.20. The van der Waals surface area contributed by atoms with E-state index in [1.165, 1.54) is 27.9 Å². The predicted molar refractivity (Wildman–Crippen MR) is 185 cm³/mol. The van der Waals surface area contributed by atoms with Gasteiger partial charge in [-0.25, -0.2) is 14.4 Å². The number of ether oxygens (including phenoxy) is 1. The number of carbonyl (C=O) groups excluding carboxylic acids is 2. The Morgan fingerprint density at radius 1 is 1.12 bits per heavy atom. The molecule has 2 amide bonds. The van der Waals surface area contributed by atoms with E-state index in [0.29, 0.717) is 41.6 Å². The van der Waals surface area contributed by atoms with Crippen molar-refractivity contribution in [1.29, 1.82) is 0 Å². The molecule has 4 aromatic rings. The molecule has 11 nitrogen and oxygen atoms in total. The Morgan fingerprint density at radius 3 is 2.59 bits per heavy atom. The topological polar surface area (TPSA) is 126 Å². The minimum Gasteiger partial charge on any atom is -0.432 e. The minimum absolute atomic E-state index is 0.00396. The van der Waals surface area contributed by atoms with Gasteiger partial charge in [-0.3, -0.25) is 14.0 Å². The van der Waals surface area contributed by atoms with Crippen molar-refractivity contribution in [1.82, 2.24) is 30.3 Å². The summed E-state index contributed by atoms with van der Waals surface area (Å²) in [4.78, 5) is 36.3. The number of nitrogens with one attached hydrogen (secondary N) is 5. The van der Waals surface area contributed by atoms with E-state index < -0.39 is 24.0 Å². The molecule has 0 spiro atoms. The fourth-order valence-corrected chi connectivity index (χ4v) is 6.22. The maximum Gasteiger partial charge on any atom is 0.387 e. The number of nitrogens with zero attached hydrogens (tertiary/aromatic N) is 3. The fourth-order valence-electron chi connectivity index (χ4n) is 6.22. The fraction of sp³-hybridized carbons (Fsp3) is 0.444. The van der Waals surface area contributed by atoms with Gasteiger partial charge in [-0.15, -0.1) is 0 Å². The van der Waals surface area contributed by atoms with Crippen molar-refractivity contribution in [2.75, 3.05) is 45.1 Å². The molecule has 3 atom stereocenters. The summed E-state index contributed by atoms with van der Waals surface area (Å²) in [6, 6.07) is 7.00. The summed E-state index contributed by atoms with van der Waals surface area (Å²) in [7, 11) is 2.18. The molecule has 2 aromatic carbocycles. The number of alkyl halides is 2. The summed E-state index contributed by atoms with van der Waals surface area (Å²) in [5, 5.41) is 12.5. The van der Waals surface area contributed by atoms with E-state index in [9.17, 15) is 27.2 Å². The molecule has 0 saturated carbocycles. The maximum absolute atomic E-state index is 14.9. The van der Waals surface area contributed by atoms with Gasteiger partial charge in [0.15, 0.2) is 23.0 Å². The molecule has 0 bridgehead atoms. The lowest BCUT2D eigenvalue weighted by Gasteiger charge is -2.29. The summed E-state index contributed by atoms with van der Waals surface area (Å²) in [5.74, 6) is -3.11. The second kappa shape index (κ2) is 17.0. The molecule has 15 heteroatoms. The highest BCUT2D eigenvalue weighted by molar-refractivity contribution is 5.96. The predicted octanol–water partition coefficient (Wildman–Crippen LogP) is 3.97. The molecule has 3 heterocycles. The number of carbonyl (C=O) groups is 2. The van der Waals surface area contributed by atoms with Gasteiger partial charge in [0.2, 0.25) is 11.7 Å². The highest BCUT2D eigenvalue weighted by atomic mass is 19.3. The second-order valence-electron chi connectivity index (χ2n) is 13.0. The van der Waals surface area contributed by atoms with E-state index in [4.69, 9.17) is 0 Å². The van der Waals surface area contributed by atoms with E-state index in [2.05, 4.69) is 43.0 Å². The van der Waals surface area contributed by atoms with Crippen LogP contribution >= 0.6 is 0 Å². The third-order valence-corrected chi connectivity index (χ3v) is 9.21. The van der Waals surface area contributed by atoms with Gasteiger partial charge in [0.05, 0.1) is 32.0 Å². The van der Waals surface area contributed by atoms with Gasteiger partial charge in [0, 0.05) is 73.1 Å². The van der Waals surface area contributed by atoms with Gasteiger partial charge >= 0.3 is 6.61 Å². The van der Waals surface area contributed by atoms with Crippen molar-refractivity contribution < 1.29 is 36.8 Å². The zero-order valence-corrected chi connectivity index (χ0v) is 29.2. The molecule has 1 fully saturated rings. The quantitative estimate of drug-likeness (QED) is 0.105. The lowest BCUT2D eigenvalue weighted by Crippen LogP contribution is -3.10. The molecule has 5 N–H and O–H groups in total. The SMILES string of the molecule is CCc1cc(Nc2nccn3c(-c4ccc(OC(F)F)c(F)c4F)cnc23)ccc1C(=O)N[C@@H](C)CNC(=O)C(CC)CC[NH+](C)CC1CNC1.